The maximum atomic E-state index is 12.6. The van der Waals surface area contributed by atoms with Crippen molar-refractivity contribution in [2.45, 2.75) is 26.8 Å². The van der Waals surface area contributed by atoms with E-state index in [1.54, 1.807) is 36.4 Å². The molecular formula is C19H24ClNO4. The van der Waals surface area contributed by atoms with Gasteiger partial charge in [-0.25, -0.2) is 0 Å². The largest absolute Gasteiger partial charge is 0.493 e. The summed E-state index contributed by atoms with van der Waals surface area (Å²) >= 11 is 6.33. The van der Waals surface area contributed by atoms with Crippen molar-refractivity contribution < 1.29 is 18.7 Å². The zero-order valence-electron chi connectivity index (χ0n) is 15.0. The number of amides is 1. The average Bonchev–Trinajstić information content (AvgIpc) is 3.07. The molecule has 0 saturated carbocycles. The molecule has 0 saturated heterocycles. The molecule has 0 aliphatic carbocycles. The Balaban J connectivity index is 2.15. The predicted molar refractivity (Wildman–Crippen MR) is 97.5 cm³/mol. The van der Waals surface area contributed by atoms with Gasteiger partial charge >= 0.3 is 0 Å². The highest BCUT2D eigenvalue weighted by molar-refractivity contribution is 6.32. The minimum Gasteiger partial charge on any atom is -0.493 e. The second-order valence-electron chi connectivity index (χ2n) is 6.26. The van der Waals surface area contributed by atoms with Gasteiger partial charge in [-0.2, -0.15) is 0 Å². The Morgan fingerprint density at radius 1 is 1.36 bits per heavy atom. The maximum Gasteiger partial charge on any atom is 0.254 e. The molecule has 25 heavy (non-hydrogen) atoms. The van der Waals surface area contributed by atoms with Crippen molar-refractivity contribution in [2.24, 2.45) is 5.92 Å². The summed E-state index contributed by atoms with van der Waals surface area (Å²) in [6, 6.07) is 6.87. The second kappa shape index (κ2) is 8.81. The average molecular weight is 366 g/mol. The van der Waals surface area contributed by atoms with E-state index in [0.29, 0.717) is 46.9 Å². The molecule has 0 unspecified atom stereocenters. The van der Waals surface area contributed by atoms with E-state index in [0.717, 1.165) is 6.42 Å². The first-order valence-corrected chi connectivity index (χ1v) is 8.58. The Morgan fingerprint density at radius 3 is 2.72 bits per heavy atom. The highest BCUT2D eigenvalue weighted by Crippen LogP contribution is 2.37. The van der Waals surface area contributed by atoms with Crippen LogP contribution in [-0.2, 0) is 6.54 Å². The van der Waals surface area contributed by atoms with Crippen LogP contribution in [0.25, 0.3) is 0 Å². The molecule has 1 aromatic heterocycles. The van der Waals surface area contributed by atoms with Crippen LogP contribution in [0.3, 0.4) is 0 Å². The SMILES string of the molecule is COc1cc(C(=O)N(C)Cc2ccco2)cc(Cl)c1OCCC(C)C. The molecule has 0 aliphatic rings. The Hall–Kier alpha value is -2.14. The van der Waals surface area contributed by atoms with Crippen LogP contribution in [0.15, 0.2) is 34.9 Å². The molecule has 1 amide bonds. The Labute approximate surface area is 153 Å². The molecule has 136 valence electrons. The highest BCUT2D eigenvalue weighted by atomic mass is 35.5. The molecule has 0 N–H and O–H groups in total. The predicted octanol–water partition coefficient (Wildman–Crippen LogP) is 4.64. The van der Waals surface area contributed by atoms with Crippen molar-refractivity contribution in [3.05, 3.63) is 46.9 Å². The van der Waals surface area contributed by atoms with Crippen LogP contribution in [0, 0.1) is 5.92 Å². The molecule has 0 aliphatic heterocycles. The third kappa shape index (κ3) is 5.16. The number of rotatable bonds is 8. The number of hydrogen-bond donors (Lipinski definition) is 0. The zero-order chi connectivity index (χ0) is 18.4. The van der Waals surface area contributed by atoms with Gasteiger partial charge in [0.25, 0.3) is 5.91 Å². The number of halogens is 1. The molecule has 6 heteroatoms. The molecule has 1 heterocycles. The minimum absolute atomic E-state index is 0.176. The summed E-state index contributed by atoms with van der Waals surface area (Å²) in [4.78, 5) is 14.2. The first-order chi connectivity index (χ1) is 11.9. The van der Waals surface area contributed by atoms with Crippen molar-refractivity contribution in [1.29, 1.82) is 0 Å². The van der Waals surface area contributed by atoms with Crippen LogP contribution in [0.1, 0.15) is 36.4 Å². The van der Waals surface area contributed by atoms with Crippen LogP contribution in [0.2, 0.25) is 5.02 Å². The molecule has 0 radical (unpaired) electrons. The van der Waals surface area contributed by atoms with Crippen LogP contribution in [-0.4, -0.2) is 31.6 Å². The topological polar surface area (TPSA) is 51.9 Å². The third-order valence-electron chi connectivity index (χ3n) is 3.74. The lowest BCUT2D eigenvalue weighted by molar-refractivity contribution is 0.0775. The normalized spacial score (nSPS) is 10.8. The van der Waals surface area contributed by atoms with Gasteiger partial charge in [0.15, 0.2) is 11.5 Å². The molecule has 2 rings (SSSR count). The van der Waals surface area contributed by atoms with Crippen LogP contribution in [0.5, 0.6) is 11.5 Å². The van der Waals surface area contributed by atoms with E-state index < -0.39 is 0 Å². The van der Waals surface area contributed by atoms with Crippen LogP contribution < -0.4 is 9.47 Å². The van der Waals surface area contributed by atoms with E-state index in [9.17, 15) is 4.79 Å². The number of hydrogen-bond acceptors (Lipinski definition) is 4. The Kier molecular flexibility index (Phi) is 6.76. The summed E-state index contributed by atoms with van der Waals surface area (Å²) in [5.41, 5.74) is 0.437. The van der Waals surface area contributed by atoms with E-state index in [4.69, 9.17) is 25.5 Å². The van der Waals surface area contributed by atoms with Crippen molar-refractivity contribution in [3.8, 4) is 11.5 Å². The van der Waals surface area contributed by atoms with Crippen LogP contribution >= 0.6 is 11.6 Å². The molecule has 0 fully saturated rings. The number of methoxy groups -OCH3 is 1. The van der Waals surface area contributed by atoms with Crippen molar-refractivity contribution in [2.75, 3.05) is 20.8 Å². The van der Waals surface area contributed by atoms with Crippen molar-refractivity contribution in [3.63, 3.8) is 0 Å². The van der Waals surface area contributed by atoms with Gasteiger partial charge < -0.3 is 18.8 Å². The number of nitrogens with zero attached hydrogens (tertiary/aromatic N) is 1. The van der Waals surface area contributed by atoms with E-state index in [2.05, 4.69) is 13.8 Å². The summed E-state index contributed by atoms with van der Waals surface area (Å²) in [7, 11) is 3.24. The molecule has 0 spiro atoms. The van der Waals surface area contributed by atoms with Gasteiger partial charge in [-0.3, -0.25) is 4.79 Å². The number of ether oxygens (including phenoxy) is 2. The fourth-order valence-electron chi connectivity index (χ4n) is 2.31. The van der Waals surface area contributed by atoms with E-state index in [1.807, 2.05) is 6.07 Å². The molecule has 0 atom stereocenters. The zero-order valence-corrected chi connectivity index (χ0v) is 15.8. The van der Waals surface area contributed by atoms with Crippen molar-refractivity contribution in [1.82, 2.24) is 4.90 Å². The van der Waals surface area contributed by atoms with Crippen LogP contribution in [0.4, 0.5) is 0 Å². The number of furan rings is 1. The summed E-state index contributed by atoms with van der Waals surface area (Å²) in [5.74, 6) is 1.98. The fraction of sp³-hybridized carbons (Fsp3) is 0.421. The van der Waals surface area contributed by atoms with Gasteiger partial charge in [0.2, 0.25) is 0 Å². The second-order valence-corrected chi connectivity index (χ2v) is 6.67. The summed E-state index contributed by atoms with van der Waals surface area (Å²) < 4.78 is 16.4. The number of benzene rings is 1. The van der Waals surface area contributed by atoms with Gasteiger partial charge in [0, 0.05) is 12.6 Å². The first kappa shape index (κ1) is 19.2. The third-order valence-corrected chi connectivity index (χ3v) is 4.02. The highest BCUT2D eigenvalue weighted by Gasteiger charge is 2.19. The van der Waals surface area contributed by atoms with Gasteiger partial charge in [0.1, 0.15) is 5.76 Å². The molecule has 5 nitrogen and oxygen atoms in total. The lowest BCUT2D eigenvalue weighted by Gasteiger charge is -2.18. The first-order valence-electron chi connectivity index (χ1n) is 8.20. The minimum atomic E-state index is -0.176. The van der Waals surface area contributed by atoms with E-state index >= 15 is 0 Å². The smallest absolute Gasteiger partial charge is 0.254 e. The monoisotopic (exact) mass is 365 g/mol. The van der Waals surface area contributed by atoms with Gasteiger partial charge in [-0.1, -0.05) is 25.4 Å². The van der Waals surface area contributed by atoms with Gasteiger partial charge in [0.05, 0.1) is 31.5 Å². The quantitative estimate of drug-likeness (QED) is 0.683. The standard InChI is InChI=1S/C19H24ClNO4/c1-13(2)7-9-25-18-16(20)10-14(11-17(18)23-4)19(22)21(3)12-15-6-5-8-24-15/h5-6,8,10-11,13H,7,9,12H2,1-4H3. The molecule has 0 bridgehead atoms. The van der Waals surface area contributed by atoms with E-state index in [-0.39, 0.29) is 5.91 Å². The van der Waals surface area contributed by atoms with E-state index in [1.165, 1.54) is 7.11 Å². The number of carbonyl (C=O) groups excluding carboxylic acids is 1. The lowest BCUT2D eigenvalue weighted by atomic mass is 10.1. The van der Waals surface area contributed by atoms with Gasteiger partial charge in [-0.15, -0.1) is 0 Å². The molecule has 2 aromatic rings. The summed E-state index contributed by atoms with van der Waals surface area (Å²) in [6.07, 6.45) is 2.49. The van der Waals surface area contributed by atoms with Gasteiger partial charge in [-0.05, 0) is 36.6 Å². The molecular weight excluding hydrogens is 342 g/mol. The van der Waals surface area contributed by atoms with Crippen molar-refractivity contribution >= 4 is 17.5 Å². The molecule has 1 aromatic carbocycles. The maximum absolute atomic E-state index is 12.6. The number of carbonyl (C=O) groups is 1. The fourth-order valence-corrected chi connectivity index (χ4v) is 2.57. The Morgan fingerprint density at radius 2 is 2.12 bits per heavy atom. The lowest BCUT2D eigenvalue weighted by Crippen LogP contribution is -2.26. The summed E-state index contributed by atoms with van der Waals surface area (Å²) in [5, 5.41) is 0.359. The Bertz CT molecular complexity index is 698. The summed E-state index contributed by atoms with van der Waals surface area (Å²) in [6.45, 7) is 5.16.